The number of anilines is 1. The van der Waals surface area contributed by atoms with Crippen LogP contribution < -0.4 is 10.6 Å². The first-order chi connectivity index (χ1) is 7.15. The van der Waals surface area contributed by atoms with Gasteiger partial charge in [-0.1, -0.05) is 0 Å². The fraction of sp³-hybridized carbons (Fsp3) is 0.222. The molecule has 0 atom stereocenters. The highest BCUT2D eigenvalue weighted by Gasteiger charge is 2.11. The molecule has 6 nitrogen and oxygen atoms in total. The van der Waals surface area contributed by atoms with Gasteiger partial charge in [0.25, 0.3) is 0 Å². The van der Waals surface area contributed by atoms with Crippen LogP contribution in [0, 0.1) is 0 Å². The second kappa shape index (κ2) is 4.94. The van der Waals surface area contributed by atoms with Crippen LogP contribution in [0.5, 0.6) is 0 Å². The van der Waals surface area contributed by atoms with Crippen LogP contribution in [-0.4, -0.2) is 28.6 Å². The summed E-state index contributed by atoms with van der Waals surface area (Å²) in [4.78, 5) is 25.6. The zero-order valence-corrected chi connectivity index (χ0v) is 8.15. The van der Waals surface area contributed by atoms with Crippen LogP contribution in [0.4, 0.5) is 10.5 Å². The van der Waals surface area contributed by atoms with Gasteiger partial charge in [0.05, 0.1) is 17.4 Å². The molecule has 0 aliphatic heterocycles. The van der Waals surface area contributed by atoms with Crippen molar-refractivity contribution in [2.24, 2.45) is 0 Å². The molecule has 0 fully saturated rings. The summed E-state index contributed by atoms with van der Waals surface area (Å²) in [5.41, 5.74) is 0.187. The number of nitrogens with one attached hydrogen (secondary N) is 2. The largest absolute Gasteiger partial charge is 0.478 e. The number of urea groups is 1. The van der Waals surface area contributed by atoms with E-state index in [4.69, 9.17) is 5.11 Å². The second-order valence-electron chi connectivity index (χ2n) is 2.71. The van der Waals surface area contributed by atoms with Crippen molar-refractivity contribution in [2.75, 3.05) is 11.9 Å². The predicted octanol–water partition coefficient (Wildman–Crippen LogP) is 0.921. The Morgan fingerprint density at radius 1 is 1.53 bits per heavy atom. The van der Waals surface area contributed by atoms with Crippen molar-refractivity contribution in [2.45, 2.75) is 6.92 Å². The number of aromatic nitrogens is 1. The van der Waals surface area contributed by atoms with Gasteiger partial charge in [-0.2, -0.15) is 0 Å². The molecule has 1 aromatic rings. The molecule has 1 heterocycles. The van der Waals surface area contributed by atoms with Gasteiger partial charge in [0.1, 0.15) is 0 Å². The van der Waals surface area contributed by atoms with Crippen molar-refractivity contribution in [1.82, 2.24) is 10.3 Å². The molecule has 0 spiro atoms. The Morgan fingerprint density at radius 2 is 2.27 bits per heavy atom. The lowest BCUT2D eigenvalue weighted by Gasteiger charge is -2.07. The molecule has 15 heavy (non-hydrogen) atoms. The van der Waals surface area contributed by atoms with Crippen LogP contribution in [0.3, 0.4) is 0 Å². The summed E-state index contributed by atoms with van der Waals surface area (Å²) in [5.74, 6) is -1.11. The average molecular weight is 209 g/mol. The van der Waals surface area contributed by atoms with Crippen LogP contribution in [-0.2, 0) is 0 Å². The summed E-state index contributed by atoms with van der Waals surface area (Å²) in [6, 6.07) is 0.872. The van der Waals surface area contributed by atoms with Crippen LogP contribution in [0.1, 0.15) is 17.3 Å². The molecule has 0 unspecified atom stereocenters. The third-order valence-electron chi connectivity index (χ3n) is 1.64. The zero-order valence-electron chi connectivity index (χ0n) is 8.15. The Hall–Kier alpha value is -2.11. The molecule has 1 rings (SSSR count). The van der Waals surface area contributed by atoms with E-state index in [-0.39, 0.29) is 11.3 Å². The number of pyridine rings is 1. The van der Waals surface area contributed by atoms with Gasteiger partial charge >= 0.3 is 12.0 Å². The molecule has 0 saturated carbocycles. The minimum atomic E-state index is -1.11. The first kappa shape index (κ1) is 11.0. The molecule has 0 aliphatic rings. The van der Waals surface area contributed by atoms with Crippen molar-refractivity contribution in [1.29, 1.82) is 0 Å². The molecule has 0 saturated heterocycles. The number of hydrogen-bond donors (Lipinski definition) is 3. The predicted molar refractivity (Wildman–Crippen MR) is 53.9 cm³/mol. The summed E-state index contributed by atoms with van der Waals surface area (Å²) in [6.07, 6.45) is 2.64. The molecular formula is C9H11N3O3. The molecule has 0 radical (unpaired) electrons. The number of carbonyl (C=O) groups is 2. The topological polar surface area (TPSA) is 91.3 Å². The SMILES string of the molecule is CCNC(=O)Nc1cnccc1C(=O)O. The molecule has 2 amide bonds. The van der Waals surface area contributed by atoms with Crippen molar-refractivity contribution < 1.29 is 14.7 Å². The van der Waals surface area contributed by atoms with Gasteiger partial charge in [-0.25, -0.2) is 9.59 Å². The van der Waals surface area contributed by atoms with Crippen molar-refractivity contribution in [3.05, 3.63) is 24.0 Å². The number of nitrogens with zero attached hydrogens (tertiary/aromatic N) is 1. The Kier molecular flexibility index (Phi) is 3.61. The zero-order chi connectivity index (χ0) is 11.3. The van der Waals surface area contributed by atoms with E-state index in [1.54, 1.807) is 6.92 Å². The Morgan fingerprint density at radius 3 is 2.87 bits per heavy atom. The number of hydrogen-bond acceptors (Lipinski definition) is 3. The highest BCUT2D eigenvalue weighted by molar-refractivity contribution is 5.99. The van der Waals surface area contributed by atoms with E-state index in [9.17, 15) is 9.59 Å². The Labute approximate surface area is 86.3 Å². The fourth-order valence-electron chi connectivity index (χ4n) is 1.01. The minimum Gasteiger partial charge on any atom is -0.478 e. The van der Waals surface area contributed by atoms with E-state index in [0.717, 1.165) is 0 Å². The lowest BCUT2D eigenvalue weighted by molar-refractivity contribution is 0.0698. The average Bonchev–Trinajstić information content (AvgIpc) is 2.18. The highest BCUT2D eigenvalue weighted by Crippen LogP contribution is 2.12. The third kappa shape index (κ3) is 2.94. The Balaban J connectivity index is 2.84. The maximum absolute atomic E-state index is 11.1. The minimum absolute atomic E-state index is 0.0104. The van der Waals surface area contributed by atoms with E-state index < -0.39 is 12.0 Å². The summed E-state index contributed by atoms with van der Waals surface area (Å²) in [7, 11) is 0. The van der Waals surface area contributed by atoms with E-state index in [1.807, 2.05) is 0 Å². The maximum Gasteiger partial charge on any atom is 0.337 e. The summed E-state index contributed by atoms with van der Waals surface area (Å²) >= 11 is 0. The lowest BCUT2D eigenvalue weighted by atomic mass is 10.2. The van der Waals surface area contributed by atoms with Gasteiger partial charge in [-0.15, -0.1) is 0 Å². The molecule has 0 aromatic carbocycles. The molecule has 3 N–H and O–H groups in total. The van der Waals surface area contributed by atoms with Gasteiger partial charge in [0.15, 0.2) is 0 Å². The Bertz CT molecular complexity index is 379. The molecular weight excluding hydrogens is 198 g/mol. The molecule has 1 aromatic heterocycles. The molecule has 0 aliphatic carbocycles. The number of amides is 2. The van der Waals surface area contributed by atoms with Crippen molar-refractivity contribution in [3.63, 3.8) is 0 Å². The third-order valence-corrected chi connectivity index (χ3v) is 1.64. The second-order valence-corrected chi connectivity index (χ2v) is 2.71. The highest BCUT2D eigenvalue weighted by atomic mass is 16.4. The number of carbonyl (C=O) groups excluding carboxylic acids is 1. The van der Waals surface area contributed by atoms with Crippen LogP contribution in [0.15, 0.2) is 18.5 Å². The lowest BCUT2D eigenvalue weighted by Crippen LogP contribution is -2.29. The van der Waals surface area contributed by atoms with E-state index >= 15 is 0 Å². The number of carboxylic acid groups (broad SMARTS) is 1. The first-order valence-electron chi connectivity index (χ1n) is 4.37. The van der Waals surface area contributed by atoms with Gasteiger partial charge in [-0.3, -0.25) is 4.98 Å². The van der Waals surface area contributed by atoms with Gasteiger partial charge < -0.3 is 15.7 Å². The van der Waals surface area contributed by atoms with Crippen molar-refractivity contribution >= 4 is 17.7 Å². The normalized spacial score (nSPS) is 9.40. The standard InChI is InChI=1S/C9H11N3O3/c1-2-11-9(15)12-7-5-10-4-3-6(7)8(13)14/h3-5H,2H2,1H3,(H,13,14)(H2,11,12,15). The number of rotatable bonds is 3. The smallest absolute Gasteiger partial charge is 0.337 e. The molecule has 80 valence electrons. The monoisotopic (exact) mass is 209 g/mol. The summed E-state index contributed by atoms with van der Waals surface area (Å²) < 4.78 is 0. The first-order valence-corrected chi connectivity index (χ1v) is 4.37. The van der Waals surface area contributed by atoms with Gasteiger partial charge in [-0.05, 0) is 13.0 Å². The van der Waals surface area contributed by atoms with Gasteiger partial charge in [0.2, 0.25) is 0 Å². The van der Waals surface area contributed by atoms with E-state index in [0.29, 0.717) is 6.54 Å². The van der Waals surface area contributed by atoms with Crippen LogP contribution in [0.2, 0.25) is 0 Å². The quantitative estimate of drug-likeness (QED) is 0.690. The maximum atomic E-state index is 11.1. The number of aromatic carboxylic acids is 1. The van der Waals surface area contributed by atoms with Gasteiger partial charge in [0, 0.05) is 12.7 Å². The van der Waals surface area contributed by atoms with Crippen molar-refractivity contribution in [3.8, 4) is 0 Å². The van der Waals surface area contributed by atoms with E-state index in [1.165, 1.54) is 18.5 Å². The van der Waals surface area contributed by atoms with E-state index in [2.05, 4.69) is 15.6 Å². The molecule has 6 heteroatoms. The summed E-state index contributed by atoms with van der Waals surface area (Å²) in [6.45, 7) is 2.23. The van der Waals surface area contributed by atoms with Crippen LogP contribution in [0.25, 0.3) is 0 Å². The summed E-state index contributed by atoms with van der Waals surface area (Å²) in [5, 5.41) is 13.7. The fourth-order valence-corrected chi connectivity index (χ4v) is 1.01. The number of carboxylic acids is 1. The molecule has 0 bridgehead atoms. The van der Waals surface area contributed by atoms with Crippen LogP contribution >= 0.6 is 0 Å².